The van der Waals surface area contributed by atoms with Gasteiger partial charge in [-0.25, -0.2) is 4.79 Å². The van der Waals surface area contributed by atoms with Crippen LogP contribution in [-0.4, -0.2) is 33.9 Å². The van der Waals surface area contributed by atoms with Crippen molar-refractivity contribution in [2.45, 2.75) is 46.6 Å². The van der Waals surface area contributed by atoms with E-state index >= 15 is 0 Å². The molecule has 162 valence electrons. The third-order valence-corrected chi connectivity index (χ3v) is 5.86. The summed E-state index contributed by atoms with van der Waals surface area (Å²) in [6.45, 7) is 6.27. The van der Waals surface area contributed by atoms with Crippen molar-refractivity contribution in [2.24, 2.45) is 5.92 Å². The van der Waals surface area contributed by atoms with Gasteiger partial charge in [0, 0.05) is 12.0 Å². The van der Waals surface area contributed by atoms with E-state index in [2.05, 4.69) is 22.5 Å². The minimum atomic E-state index is -0.393. The molecule has 0 saturated heterocycles. The molecular weight excluding hydrogens is 396 g/mol. The lowest BCUT2D eigenvalue weighted by Gasteiger charge is -2.16. The first-order valence-corrected chi connectivity index (χ1v) is 10.4. The SMILES string of the molecule is COC(=O)c1ccccc1Cn1nc(C)c(NC(=O)c2noc3c2CC(C)CC3)c1C. The van der Waals surface area contributed by atoms with Crippen LogP contribution in [0.1, 0.15) is 62.5 Å². The average molecular weight is 422 g/mol. The molecule has 1 N–H and O–H groups in total. The van der Waals surface area contributed by atoms with Gasteiger partial charge in [-0.15, -0.1) is 0 Å². The first-order valence-electron chi connectivity index (χ1n) is 10.4. The van der Waals surface area contributed by atoms with Gasteiger partial charge in [-0.2, -0.15) is 5.10 Å². The number of aryl methyl sites for hydroxylation is 2. The van der Waals surface area contributed by atoms with Gasteiger partial charge in [0.1, 0.15) is 5.76 Å². The molecule has 4 rings (SSSR count). The molecule has 2 aromatic heterocycles. The highest BCUT2D eigenvalue weighted by Crippen LogP contribution is 2.29. The Kier molecular flexibility index (Phi) is 5.63. The zero-order valence-electron chi connectivity index (χ0n) is 18.2. The van der Waals surface area contributed by atoms with Crippen molar-refractivity contribution in [3.63, 3.8) is 0 Å². The van der Waals surface area contributed by atoms with Crippen LogP contribution in [0.2, 0.25) is 0 Å². The second kappa shape index (κ2) is 8.37. The maximum Gasteiger partial charge on any atom is 0.338 e. The maximum absolute atomic E-state index is 13.0. The van der Waals surface area contributed by atoms with Gasteiger partial charge in [-0.1, -0.05) is 30.3 Å². The van der Waals surface area contributed by atoms with Crippen LogP contribution in [0, 0.1) is 19.8 Å². The number of carbonyl (C=O) groups excluding carboxylic acids is 2. The van der Waals surface area contributed by atoms with Crippen LogP contribution in [0.25, 0.3) is 0 Å². The molecule has 1 amide bonds. The summed E-state index contributed by atoms with van der Waals surface area (Å²) >= 11 is 0. The number of benzene rings is 1. The molecule has 1 unspecified atom stereocenters. The fourth-order valence-corrected chi connectivity index (χ4v) is 4.09. The number of fused-ring (bicyclic) bond motifs is 1. The highest BCUT2D eigenvalue weighted by atomic mass is 16.5. The third kappa shape index (κ3) is 3.97. The number of carbonyl (C=O) groups is 2. The Bertz CT molecular complexity index is 1140. The summed E-state index contributed by atoms with van der Waals surface area (Å²) in [5.74, 6) is 0.627. The first kappa shape index (κ1) is 20.8. The Balaban J connectivity index is 1.58. The molecular formula is C23H26N4O4. The molecule has 31 heavy (non-hydrogen) atoms. The molecule has 3 aromatic rings. The molecule has 0 spiro atoms. The van der Waals surface area contributed by atoms with Crippen LogP contribution in [0.15, 0.2) is 28.8 Å². The van der Waals surface area contributed by atoms with E-state index < -0.39 is 5.97 Å². The summed E-state index contributed by atoms with van der Waals surface area (Å²) in [6.07, 6.45) is 2.65. The molecule has 2 heterocycles. The second-order valence-corrected chi connectivity index (χ2v) is 8.09. The van der Waals surface area contributed by atoms with E-state index in [4.69, 9.17) is 9.26 Å². The molecule has 1 aliphatic carbocycles. The quantitative estimate of drug-likeness (QED) is 0.630. The summed E-state index contributed by atoms with van der Waals surface area (Å²) < 4.78 is 12.1. The summed E-state index contributed by atoms with van der Waals surface area (Å²) in [5, 5.41) is 11.6. The maximum atomic E-state index is 13.0. The number of nitrogens with one attached hydrogen (secondary N) is 1. The van der Waals surface area contributed by atoms with E-state index in [1.807, 2.05) is 26.0 Å². The van der Waals surface area contributed by atoms with Crippen molar-refractivity contribution in [1.82, 2.24) is 14.9 Å². The van der Waals surface area contributed by atoms with Gasteiger partial charge in [0.25, 0.3) is 5.91 Å². The number of amides is 1. The van der Waals surface area contributed by atoms with Crippen molar-refractivity contribution < 1.29 is 18.8 Å². The van der Waals surface area contributed by atoms with E-state index in [1.165, 1.54) is 7.11 Å². The van der Waals surface area contributed by atoms with E-state index in [1.54, 1.807) is 16.8 Å². The minimum absolute atomic E-state index is 0.292. The highest BCUT2D eigenvalue weighted by molar-refractivity contribution is 6.04. The van der Waals surface area contributed by atoms with Crippen LogP contribution in [-0.2, 0) is 24.1 Å². The van der Waals surface area contributed by atoms with Gasteiger partial charge in [0.05, 0.1) is 36.3 Å². The van der Waals surface area contributed by atoms with Crippen molar-refractivity contribution in [3.8, 4) is 0 Å². The number of aromatic nitrogens is 3. The van der Waals surface area contributed by atoms with E-state index in [0.717, 1.165) is 41.8 Å². The molecule has 1 aliphatic rings. The molecule has 8 heteroatoms. The predicted molar refractivity (Wildman–Crippen MR) is 114 cm³/mol. The fourth-order valence-electron chi connectivity index (χ4n) is 4.09. The largest absolute Gasteiger partial charge is 0.465 e. The van der Waals surface area contributed by atoms with Crippen molar-refractivity contribution in [2.75, 3.05) is 12.4 Å². The average Bonchev–Trinajstić information content (AvgIpc) is 3.29. The number of hydrogen-bond acceptors (Lipinski definition) is 6. The topological polar surface area (TPSA) is 99.2 Å². The predicted octanol–water partition coefficient (Wildman–Crippen LogP) is 3.70. The lowest BCUT2D eigenvalue weighted by molar-refractivity contribution is 0.0599. The van der Waals surface area contributed by atoms with Gasteiger partial charge < -0.3 is 14.6 Å². The lowest BCUT2D eigenvalue weighted by Crippen LogP contribution is -2.18. The van der Waals surface area contributed by atoms with E-state index in [-0.39, 0.29) is 5.91 Å². The Morgan fingerprint density at radius 2 is 2.06 bits per heavy atom. The Morgan fingerprint density at radius 1 is 1.29 bits per heavy atom. The monoisotopic (exact) mass is 422 g/mol. The van der Waals surface area contributed by atoms with Gasteiger partial charge in [0.2, 0.25) is 0 Å². The van der Waals surface area contributed by atoms with Crippen LogP contribution in [0.4, 0.5) is 5.69 Å². The Morgan fingerprint density at radius 3 is 2.84 bits per heavy atom. The van der Waals surface area contributed by atoms with Gasteiger partial charge in [0.15, 0.2) is 5.69 Å². The lowest BCUT2D eigenvalue weighted by atomic mass is 9.88. The molecule has 1 aromatic carbocycles. The Hall–Kier alpha value is -3.42. The summed E-state index contributed by atoms with van der Waals surface area (Å²) in [7, 11) is 1.36. The number of methoxy groups -OCH3 is 1. The number of anilines is 1. The number of ether oxygens (including phenoxy) is 1. The van der Waals surface area contributed by atoms with Crippen molar-refractivity contribution in [3.05, 3.63) is 63.8 Å². The molecule has 0 fully saturated rings. The fraction of sp³-hybridized carbons (Fsp3) is 0.391. The minimum Gasteiger partial charge on any atom is -0.465 e. The van der Waals surface area contributed by atoms with E-state index in [9.17, 15) is 9.59 Å². The van der Waals surface area contributed by atoms with Crippen molar-refractivity contribution in [1.29, 1.82) is 0 Å². The normalized spacial score (nSPS) is 15.4. The van der Waals surface area contributed by atoms with Crippen LogP contribution >= 0.6 is 0 Å². The molecule has 0 aliphatic heterocycles. The standard InChI is InChI=1S/C23H26N4O4/c1-13-9-10-19-18(11-13)21(26-31-19)22(28)24-20-14(2)25-27(15(20)3)12-16-7-5-6-8-17(16)23(29)30-4/h5-8,13H,9-12H2,1-4H3,(H,24,28). The molecule has 0 saturated carbocycles. The summed E-state index contributed by atoms with van der Waals surface area (Å²) in [5.41, 5.74) is 4.66. The number of rotatable bonds is 5. The second-order valence-electron chi connectivity index (χ2n) is 8.09. The van der Waals surface area contributed by atoms with Crippen LogP contribution in [0.5, 0.6) is 0 Å². The number of hydrogen-bond donors (Lipinski definition) is 1. The zero-order chi connectivity index (χ0) is 22.1. The smallest absolute Gasteiger partial charge is 0.338 e. The van der Waals surface area contributed by atoms with Gasteiger partial charge in [-0.05, 0) is 44.2 Å². The Labute approximate surface area is 180 Å². The molecule has 1 atom stereocenters. The molecule has 0 radical (unpaired) electrons. The van der Waals surface area contributed by atoms with Crippen molar-refractivity contribution >= 4 is 17.6 Å². The van der Waals surface area contributed by atoms with E-state index in [0.29, 0.717) is 35.1 Å². The molecule has 8 nitrogen and oxygen atoms in total. The van der Waals surface area contributed by atoms with Crippen LogP contribution in [0.3, 0.4) is 0 Å². The summed E-state index contributed by atoms with van der Waals surface area (Å²) in [6, 6.07) is 7.25. The van der Waals surface area contributed by atoms with Gasteiger partial charge in [-0.3, -0.25) is 9.48 Å². The van der Waals surface area contributed by atoms with Crippen LogP contribution < -0.4 is 5.32 Å². The first-order chi connectivity index (χ1) is 14.9. The zero-order valence-corrected chi connectivity index (χ0v) is 18.2. The number of esters is 1. The number of nitrogens with zero attached hydrogens (tertiary/aromatic N) is 3. The summed E-state index contributed by atoms with van der Waals surface area (Å²) in [4.78, 5) is 25.1. The highest BCUT2D eigenvalue weighted by Gasteiger charge is 2.28. The third-order valence-electron chi connectivity index (χ3n) is 5.86. The van der Waals surface area contributed by atoms with Gasteiger partial charge >= 0.3 is 5.97 Å². The molecule has 0 bridgehead atoms.